The number of benzene rings is 2. The molecule has 1 aliphatic heterocycles. The first-order valence-electron chi connectivity index (χ1n) is 8.34. The van der Waals surface area contributed by atoms with E-state index in [0.717, 1.165) is 22.4 Å². The second-order valence-corrected chi connectivity index (χ2v) is 6.41. The SMILES string of the molecule is COc1cc(-c2nc3c(c(=S)[nH]2)Cc2ccccc2O3)cc(OC)c1OC. The molecule has 138 valence electrons. The maximum absolute atomic E-state index is 5.99. The smallest absolute Gasteiger partial charge is 0.227 e. The van der Waals surface area contributed by atoms with Gasteiger partial charge in [0.25, 0.3) is 0 Å². The average molecular weight is 382 g/mol. The Morgan fingerprint density at radius 2 is 1.74 bits per heavy atom. The van der Waals surface area contributed by atoms with Crippen LogP contribution in [0.15, 0.2) is 36.4 Å². The molecule has 0 amide bonds. The highest BCUT2D eigenvalue weighted by Gasteiger charge is 2.22. The lowest BCUT2D eigenvalue weighted by molar-refractivity contribution is 0.324. The van der Waals surface area contributed by atoms with Crippen LogP contribution in [0.4, 0.5) is 0 Å². The van der Waals surface area contributed by atoms with Gasteiger partial charge in [-0.1, -0.05) is 30.4 Å². The highest BCUT2D eigenvalue weighted by Crippen LogP contribution is 2.42. The van der Waals surface area contributed by atoms with E-state index in [1.807, 2.05) is 36.4 Å². The summed E-state index contributed by atoms with van der Waals surface area (Å²) in [6.45, 7) is 0. The molecular formula is C20H18N2O4S. The zero-order valence-corrected chi connectivity index (χ0v) is 16.0. The molecule has 0 bridgehead atoms. The van der Waals surface area contributed by atoms with Crippen LogP contribution in [0, 0.1) is 4.64 Å². The summed E-state index contributed by atoms with van der Waals surface area (Å²) in [5.41, 5.74) is 2.72. The van der Waals surface area contributed by atoms with Crippen LogP contribution in [-0.2, 0) is 6.42 Å². The van der Waals surface area contributed by atoms with Crippen molar-refractivity contribution in [3.8, 4) is 40.3 Å². The fourth-order valence-corrected chi connectivity index (χ4v) is 3.37. The van der Waals surface area contributed by atoms with Crippen molar-refractivity contribution in [2.75, 3.05) is 21.3 Å². The summed E-state index contributed by atoms with van der Waals surface area (Å²) in [6, 6.07) is 11.5. The van der Waals surface area contributed by atoms with Crippen molar-refractivity contribution in [2.24, 2.45) is 0 Å². The lowest BCUT2D eigenvalue weighted by atomic mass is 10.0. The minimum absolute atomic E-state index is 0.515. The number of ether oxygens (including phenoxy) is 4. The molecule has 1 N–H and O–H groups in total. The summed E-state index contributed by atoms with van der Waals surface area (Å²) in [5, 5.41) is 0. The van der Waals surface area contributed by atoms with Crippen LogP contribution in [0.2, 0.25) is 0 Å². The Labute approximate surface area is 161 Å². The third-order valence-corrected chi connectivity index (χ3v) is 4.81. The maximum Gasteiger partial charge on any atom is 0.227 e. The fourth-order valence-electron chi connectivity index (χ4n) is 3.12. The van der Waals surface area contributed by atoms with Gasteiger partial charge in [-0.25, -0.2) is 0 Å². The van der Waals surface area contributed by atoms with Gasteiger partial charge < -0.3 is 23.9 Å². The molecule has 0 saturated heterocycles. The van der Waals surface area contributed by atoms with Crippen LogP contribution in [0.1, 0.15) is 11.1 Å². The van der Waals surface area contributed by atoms with Gasteiger partial charge in [-0.05, 0) is 23.8 Å². The molecule has 7 heteroatoms. The van der Waals surface area contributed by atoms with Gasteiger partial charge in [-0.2, -0.15) is 4.98 Å². The first-order chi connectivity index (χ1) is 13.1. The van der Waals surface area contributed by atoms with Crippen LogP contribution < -0.4 is 18.9 Å². The van der Waals surface area contributed by atoms with E-state index in [1.54, 1.807) is 21.3 Å². The van der Waals surface area contributed by atoms with E-state index < -0.39 is 0 Å². The number of methoxy groups -OCH3 is 3. The molecule has 0 saturated carbocycles. The minimum atomic E-state index is 0.515. The van der Waals surface area contributed by atoms with Crippen molar-refractivity contribution < 1.29 is 18.9 Å². The van der Waals surface area contributed by atoms with E-state index in [1.165, 1.54) is 0 Å². The molecule has 0 unspecified atom stereocenters. The molecular weight excluding hydrogens is 364 g/mol. The molecule has 0 radical (unpaired) electrons. The molecule has 2 aromatic carbocycles. The average Bonchev–Trinajstić information content (AvgIpc) is 2.71. The first-order valence-corrected chi connectivity index (χ1v) is 8.74. The van der Waals surface area contributed by atoms with Crippen molar-refractivity contribution in [1.29, 1.82) is 0 Å². The van der Waals surface area contributed by atoms with Gasteiger partial charge in [0.05, 0.1) is 26.9 Å². The van der Waals surface area contributed by atoms with Crippen LogP contribution >= 0.6 is 12.2 Å². The number of para-hydroxylation sites is 1. The van der Waals surface area contributed by atoms with Gasteiger partial charge in [0.1, 0.15) is 16.2 Å². The largest absolute Gasteiger partial charge is 0.493 e. The third-order valence-electron chi connectivity index (χ3n) is 4.46. The van der Waals surface area contributed by atoms with Crippen molar-refractivity contribution in [3.05, 3.63) is 52.2 Å². The Balaban J connectivity index is 1.83. The molecule has 0 spiro atoms. The Hall–Kier alpha value is -3.06. The summed E-state index contributed by atoms with van der Waals surface area (Å²) in [4.78, 5) is 7.85. The number of aromatic amines is 1. The Kier molecular flexibility index (Phi) is 4.45. The van der Waals surface area contributed by atoms with E-state index in [9.17, 15) is 0 Å². The Bertz CT molecular complexity index is 1050. The number of hydrogen-bond donors (Lipinski definition) is 1. The molecule has 1 aliphatic rings. The van der Waals surface area contributed by atoms with Crippen molar-refractivity contribution in [2.45, 2.75) is 6.42 Å². The van der Waals surface area contributed by atoms with Crippen molar-refractivity contribution in [1.82, 2.24) is 9.97 Å². The number of rotatable bonds is 4. The first kappa shape index (κ1) is 17.4. The van der Waals surface area contributed by atoms with Crippen LogP contribution in [0.5, 0.6) is 28.9 Å². The maximum atomic E-state index is 5.99. The normalized spacial score (nSPS) is 11.8. The number of nitrogens with zero attached hydrogens (tertiary/aromatic N) is 1. The zero-order chi connectivity index (χ0) is 19.0. The van der Waals surface area contributed by atoms with Crippen LogP contribution in [0.3, 0.4) is 0 Å². The fraction of sp³-hybridized carbons (Fsp3) is 0.200. The molecule has 1 aromatic heterocycles. The molecule has 4 rings (SSSR count). The third kappa shape index (κ3) is 3.00. The van der Waals surface area contributed by atoms with Gasteiger partial charge in [0.15, 0.2) is 11.5 Å². The van der Waals surface area contributed by atoms with Crippen molar-refractivity contribution >= 4 is 12.2 Å². The Morgan fingerprint density at radius 1 is 1.04 bits per heavy atom. The van der Waals surface area contributed by atoms with Crippen molar-refractivity contribution in [3.63, 3.8) is 0 Å². The van der Waals surface area contributed by atoms with E-state index in [2.05, 4.69) is 9.97 Å². The van der Waals surface area contributed by atoms with Gasteiger partial charge in [-0.15, -0.1) is 0 Å². The molecule has 0 aliphatic carbocycles. The number of aromatic nitrogens is 2. The number of hydrogen-bond acceptors (Lipinski definition) is 6. The van der Waals surface area contributed by atoms with E-state index in [0.29, 0.717) is 40.0 Å². The summed E-state index contributed by atoms with van der Waals surface area (Å²) in [7, 11) is 4.71. The zero-order valence-electron chi connectivity index (χ0n) is 15.2. The monoisotopic (exact) mass is 382 g/mol. The molecule has 0 atom stereocenters. The lowest BCUT2D eigenvalue weighted by Crippen LogP contribution is -2.08. The second kappa shape index (κ2) is 6.92. The highest BCUT2D eigenvalue weighted by molar-refractivity contribution is 7.71. The summed E-state index contributed by atoms with van der Waals surface area (Å²) in [6.07, 6.45) is 0.684. The lowest BCUT2D eigenvalue weighted by Gasteiger charge is -2.20. The number of fused-ring (bicyclic) bond motifs is 2. The number of H-pyrrole nitrogens is 1. The van der Waals surface area contributed by atoms with Gasteiger partial charge >= 0.3 is 0 Å². The van der Waals surface area contributed by atoms with Crippen LogP contribution in [-0.4, -0.2) is 31.3 Å². The Morgan fingerprint density at radius 3 is 2.41 bits per heavy atom. The quantitative estimate of drug-likeness (QED) is 0.523. The summed E-state index contributed by atoms with van der Waals surface area (Å²) < 4.78 is 22.8. The highest BCUT2D eigenvalue weighted by atomic mass is 32.1. The molecule has 6 nitrogen and oxygen atoms in total. The topological polar surface area (TPSA) is 65.6 Å². The van der Waals surface area contributed by atoms with Gasteiger partial charge in [0, 0.05) is 12.0 Å². The summed E-state index contributed by atoms with van der Waals surface area (Å²) in [5.74, 6) is 3.48. The number of nitrogens with one attached hydrogen (secondary N) is 1. The standard InChI is InChI=1S/C20H18N2O4S/c1-23-15-9-12(10-16(24-2)17(15)25-3)18-21-19-13(20(27)22-18)8-11-6-4-5-7-14(11)26-19/h4-7,9-10H,8H2,1-3H3,(H,21,22,27). The minimum Gasteiger partial charge on any atom is -0.493 e. The second-order valence-electron chi connectivity index (χ2n) is 6.00. The predicted molar refractivity (Wildman–Crippen MR) is 104 cm³/mol. The molecule has 27 heavy (non-hydrogen) atoms. The van der Waals surface area contributed by atoms with Gasteiger partial charge in [-0.3, -0.25) is 0 Å². The summed E-state index contributed by atoms with van der Waals surface area (Å²) >= 11 is 5.56. The van der Waals surface area contributed by atoms with E-state index in [-0.39, 0.29) is 0 Å². The molecule has 3 aromatic rings. The van der Waals surface area contributed by atoms with Crippen LogP contribution in [0.25, 0.3) is 11.4 Å². The molecule has 0 fully saturated rings. The van der Waals surface area contributed by atoms with E-state index >= 15 is 0 Å². The van der Waals surface area contributed by atoms with E-state index in [4.69, 9.17) is 31.2 Å². The van der Waals surface area contributed by atoms with Gasteiger partial charge in [0.2, 0.25) is 11.6 Å². The molecule has 2 heterocycles. The predicted octanol–water partition coefficient (Wildman–Crippen LogP) is 4.53.